The van der Waals surface area contributed by atoms with Crippen LogP contribution in [0.3, 0.4) is 0 Å². The predicted octanol–water partition coefficient (Wildman–Crippen LogP) is 1.87. The number of anilines is 1. The minimum atomic E-state index is -0.401. The summed E-state index contributed by atoms with van der Waals surface area (Å²) in [5.41, 5.74) is 12.6. The third-order valence-electron chi connectivity index (χ3n) is 3.89. The second-order valence-electron chi connectivity index (χ2n) is 5.63. The Morgan fingerprint density at radius 2 is 1.86 bits per heavy atom. The highest BCUT2D eigenvalue weighted by Gasteiger charge is 2.18. The quantitative estimate of drug-likeness (QED) is 0.669. The minimum Gasteiger partial charge on any atom is -0.385 e. The van der Waals surface area contributed by atoms with Gasteiger partial charge in [-0.15, -0.1) is 0 Å². The van der Waals surface area contributed by atoms with Crippen molar-refractivity contribution in [2.24, 2.45) is 11.5 Å². The fourth-order valence-electron chi connectivity index (χ4n) is 2.56. The molecule has 0 atom stereocenters. The molecule has 1 aromatic rings. The van der Waals surface area contributed by atoms with Crippen LogP contribution >= 0.6 is 0 Å². The summed E-state index contributed by atoms with van der Waals surface area (Å²) in [4.78, 5) is 11.0. The lowest BCUT2D eigenvalue weighted by Gasteiger charge is -2.26. The standard InChI is InChI=1S/C16H25N3O2/c17-13-4-8-15(9-5-13)21-11-1-10-19-14-6-2-12(3-7-14)16(18)20/h2-3,6-7,13,15,19H,1,4-5,8-11,17H2,(H2,18,20). The second kappa shape index (κ2) is 8.00. The number of nitrogens with two attached hydrogens (primary N) is 2. The average Bonchev–Trinajstić information content (AvgIpc) is 2.49. The molecule has 5 N–H and O–H groups in total. The van der Waals surface area contributed by atoms with Crippen molar-refractivity contribution in [2.75, 3.05) is 18.5 Å². The number of hydrogen-bond donors (Lipinski definition) is 3. The van der Waals surface area contributed by atoms with Gasteiger partial charge in [0.25, 0.3) is 0 Å². The SMILES string of the molecule is NC(=O)c1ccc(NCCCOC2CCC(N)CC2)cc1. The lowest BCUT2D eigenvalue weighted by molar-refractivity contribution is 0.0251. The topological polar surface area (TPSA) is 90.4 Å². The van der Waals surface area contributed by atoms with Gasteiger partial charge in [-0.05, 0) is 56.4 Å². The van der Waals surface area contributed by atoms with Crippen molar-refractivity contribution in [1.29, 1.82) is 0 Å². The fraction of sp³-hybridized carbons (Fsp3) is 0.562. The van der Waals surface area contributed by atoms with Crippen LogP contribution in [0.25, 0.3) is 0 Å². The molecule has 21 heavy (non-hydrogen) atoms. The van der Waals surface area contributed by atoms with Crippen LogP contribution in [0.5, 0.6) is 0 Å². The minimum absolute atomic E-state index is 0.370. The third-order valence-corrected chi connectivity index (χ3v) is 3.89. The van der Waals surface area contributed by atoms with Crippen molar-refractivity contribution in [3.8, 4) is 0 Å². The number of hydrogen-bond acceptors (Lipinski definition) is 4. The Labute approximate surface area is 126 Å². The molecule has 0 aliphatic heterocycles. The summed E-state index contributed by atoms with van der Waals surface area (Å²) in [6, 6.07) is 7.56. The van der Waals surface area contributed by atoms with Crippen LogP contribution in [0.1, 0.15) is 42.5 Å². The number of carbonyl (C=O) groups is 1. The van der Waals surface area contributed by atoms with Crippen molar-refractivity contribution < 1.29 is 9.53 Å². The number of amides is 1. The summed E-state index contributed by atoms with van der Waals surface area (Å²) < 4.78 is 5.86. The molecule has 1 saturated carbocycles. The largest absolute Gasteiger partial charge is 0.385 e. The average molecular weight is 291 g/mol. The molecule has 0 radical (unpaired) electrons. The van der Waals surface area contributed by atoms with Crippen LogP contribution in [-0.4, -0.2) is 31.2 Å². The summed E-state index contributed by atoms with van der Waals surface area (Å²) in [7, 11) is 0. The zero-order chi connectivity index (χ0) is 15.1. The molecule has 0 heterocycles. The summed E-state index contributed by atoms with van der Waals surface area (Å²) in [5.74, 6) is -0.401. The Morgan fingerprint density at radius 1 is 1.19 bits per heavy atom. The Hall–Kier alpha value is -1.59. The maximum absolute atomic E-state index is 11.0. The lowest BCUT2D eigenvalue weighted by atomic mass is 9.94. The normalized spacial score (nSPS) is 22.0. The van der Waals surface area contributed by atoms with E-state index >= 15 is 0 Å². The van der Waals surface area contributed by atoms with Crippen molar-refractivity contribution in [3.63, 3.8) is 0 Å². The Bertz CT molecular complexity index is 439. The third kappa shape index (κ3) is 5.36. The summed E-state index contributed by atoms with van der Waals surface area (Å²) in [5, 5.41) is 3.30. The molecular formula is C16H25N3O2. The van der Waals surface area contributed by atoms with Crippen molar-refractivity contribution in [3.05, 3.63) is 29.8 Å². The van der Waals surface area contributed by atoms with Gasteiger partial charge in [0, 0.05) is 30.4 Å². The number of carbonyl (C=O) groups excluding carboxylic acids is 1. The van der Waals surface area contributed by atoms with Crippen LogP contribution in [0, 0.1) is 0 Å². The molecule has 5 heteroatoms. The number of primary amides is 1. The van der Waals surface area contributed by atoms with E-state index in [9.17, 15) is 4.79 Å². The molecule has 1 aliphatic carbocycles. The van der Waals surface area contributed by atoms with E-state index in [1.807, 2.05) is 12.1 Å². The molecule has 0 unspecified atom stereocenters. The van der Waals surface area contributed by atoms with E-state index in [-0.39, 0.29) is 0 Å². The Morgan fingerprint density at radius 3 is 2.48 bits per heavy atom. The number of nitrogens with one attached hydrogen (secondary N) is 1. The first-order chi connectivity index (χ1) is 10.1. The van der Waals surface area contributed by atoms with Gasteiger partial charge >= 0.3 is 0 Å². The monoisotopic (exact) mass is 291 g/mol. The first kappa shape index (κ1) is 15.8. The molecule has 116 valence electrons. The molecule has 1 amide bonds. The zero-order valence-electron chi connectivity index (χ0n) is 12.4. The van der Waals surface area contributed by atoms with E-state index in [1.54, 1.807) is 12.1 Å². The Kier molecular flexibility index (Phi) is 6.02. The van der Waals surface area contributed by atoms with Crippen molar-refractivity contribution in [1.82, 2.24) is 0 Å². The van der Waals surface area contributed by atoms with Gasteiger partial charge in [0.15, 0.2) is 0 Å². The fourth-order valence-corrected chi connectivity index (χ4v) is 2.56. The predicted molar refractivity (Wildman–Crippen MR) is 84.3 cm³/mol. The van der Waals surface area contributed by atoms with Gasteiger partial charge in [-0.2, -0.15) is 0 Å². The van der Waals surface area contributed by atoms with Gasteiger partial charge in [0.1, 0.15) is 0 Å². The van der Waals surface area contributed by atoms with Crippen molar-refractivity contribution >= 4 is 11.6 Å². The number of ether oxygens (including phenoxy) is 1. The van der Waals surface area contributed by atoms with Crippen LogP contribution in [0.2, 0.25) is 0 Å². The van der Waals surface area contributed by atoms with E-state index in [0.29, 0.717) is 17.7 Å². The van der Waals surface area contributed by atoms with Gasteiger partial charge in [-0.3, -0.25) is 4.79 Å². The maximum Gasteiger partial charge on any atom is 0.248 e. The van der Waals surface area contributed by atoms with Gasteiger partial charge in [-0.1, -0.05) is 0 Å². The highest BCUT2D eigenvalue weighted by Crippen LogP contribution is 2.19. The van der Waals surface area contributed by atoms with E-state index in [1.165, 1.54) is 0 Å². The molecule has 1 aromatic carbocycles. The lowest BCUT2D eigenvalue weighted by Crippen LogP contribution is -2.30. The van der Waals surface area contributed by atoms with Gasteiger partial charge in [0.2, 0.25) is 5.91 Å². The first-order valence-corrected chi connectivity index (χ1v) is 7.66. The van der Waals surface area contributed by atoms with Crippen LogP contribution in [-0.2, 0) is 4.74 Å². The van der Waals surface area contributed by atoms with Crippen LogP contribution < -0.4 is 16.8 Å². The van der Waals surface area contributed by atoms with Crippen molar-refractivity contribution in [2.45, 2.75) is 44.2 Å². The van der Waals surface area contributed by atoms with E-state index in [4.69, 9.17) is 16.2 Å². The summed E-state index contributed by atoms with van der Waals surface area (Å²) in [6.45, 7) is 1.62. The molecule has 5 nitrogen and oxygen atoms in total. The number of benzene rings is 1. The van der Waals surface area contributed by atoms with Gasteiger partial charge in [-0.25, -0.2) is 0 Å². The second-order valence-corrected chi connectivity index (χ2v) is 5.63. The molecule has 0 saturated heterocycles. The van der Waals surface area contributed by atoms with Gasteiger partial charge in [0.05, 0.1) is 6.10 Å². The molecule has 1 fully saturated rings. The van der Waals surface area contributed by atoms with E-state index in [2.05, 4.69) is 5.32 Å². The van der Waals surface area contributed by atoms with E-state index in [0.717, 1.165) is 50.9 Å². The molecule has 0 spiro atoms. The van der Waals surface area contributed by atoms with Gasteiger partial charge < -0.3 is 21.5 Å². The summed E-state index contributed by atoms with van der Waals surface area (Å²) >= 11 is 0. The molecular weight excluding hydrogens is 266 g/mol. The highest BCUT2D eigenvalue weighted by atomic mass is 16.5. The summed E-state index contributed by atoms with van der Waals surface area (Å²) in [6.07, 6.45) is 5.68. The maximum atomic E-state index is 11.0. The Balaban J connectivity index is 1.58. The first-order valence-electron chi connectivity index (χ1n) is 7.66. The highest BCUT2D eigenvalue weighted by molar-refractivity contribution is 5.93. The van der Waals surface area contributed by atoms with Crippen LogP contribution in [0.4, 0.5) is 5.69 Å². The number of rotatable bonds is 7. The molecule has 1 aliphatic rings. The van der Waals surface area contributed by atoms with E-state index < -0.39 is 5.91 Å². The molecule has 2 rings (SSSR count). The zero-order valence-corrected chi connectivity index (χ0v) is 12.4. The smallest absolute Gasteiger partial charge is 0.248 e. The molecule has 0 bridgehead atoms. The van der Waals surface area contributed by atoms with Crippen LogP contribution in [0.15, 0.2) is 24.3 Å². The molecule has 0 aromatic heterocycles.